The first-order chi connectivity index (χ1) is 14.0. The van der Waals surface area contributed by atoms with Gasteiger partial charge >= 0.3 is 0 Å². The Morgan fingerprint density at radius 1 is 1.10 bits per heavy atom. The molecule has 7 heteroatoms. The van der Waals surface area contributed by atoms with Crippen molar-refractivity contribution in [2.75, 3.05) is 13.1 Å². The van der Waals surface area contributed by atoms with Crippen molar-refractivity contribution < 1.29 is 14.3 Å². The number of aromatic nitrogens is 3. The smallest absolute Gasteiger partial charge is 0.293 e. The molecule has 0 saturated carbocycles. The zero-order valence-electron chi connectivity index (χ0n) is 16.2. The Hall–Kier alpha value is -3.06. The van der Waals surface area contributed by atoms with Gasteiger partial charge in [0.1, 0.15) is 11.6 Å². The van der Waals surface area contributed by atoms with Crippen molar-refractivity contribution >= 4 is 5.91 Å². The van der Waals surface area contributed by atoms with Crippen molar-refractivity contribution in [3.8, 4) is 5.69 Å². The molecule has 1 aliphatic rings. The third-order valence-corrected chi connectivity index (χ3v) is 5.45. The largest absolute Gasteiger partial charge is 0.388 e. The number of hydrogen-bond acceptors (Lipinski definition) is 4. The molecule has 1 atom stereocenters. The molecule has 29 heavy (non-hydrogen) atoms. The summed E-state index contributed by atoms with van der Waals surface area (Å²) in [7, 11) is 0. The maximum Gasteiger partial charge on any atom is 0.293 e. The van der Waals surface area contributed by atoms with E-state index >= 15 is 0 Å². The van der Waals surface area contributed by atoms with Crippen LogP contribution < -0.4 is 0 Å². The Labute approximate surface area is 168 Å². The molecule has 1 saturated heterocycles. The van der Waals surface area contributed by atoms with Crippen LogP contribution in [0.15, 0.2) is 54.6 Å². The zero-order chi connectivity index (χ0) is 20.4. The summed E-state index contributed by atoms with van der Waals surface area (Å²) in [6, 6.07) is 15.5. The van der Waals surface area contributed by atoms with E-state index in [0.717, 1.165) is 18.4 Å². The van der Waals surface area contributed by atoms with Crippen molar-refractivity contribution in [3.05, 3.63) is 77.6 Å². The molecule has 1 N–H and O–H groups in total. The number of aryl methyl sites for hydroxylation is 1. The number of hydrogen-bond donors (Lipinski definition) is 1. The number of aliphatic hydroxyl groups is 1. The molecule has 0 unspecified atom stereocenters. The van der Waals surface area contributed by atoms with Crippen LogP contribution in [-0.4, -0.2) is 43.8 Å². The molecule has 0 bridgehead atoms. The molecule has 4 rings (SSSR count). The Kier molecular flexibility index (Phi) is 5.40. The van der Waals surface area contributed by atoms with Gasteiger partial charge in [-0.1, -0.05) is 30.3 Å². The molecule has 2 heterocycles. The second kappa shape index (κ2) is 8.13. The lowest BCUT2D eigenvalue weighted by Crippen LogP contribution is -2.40. The molecule has 1 amide bonds. The number of likely N-dealkylation sites (tertiary alicyclic amines) is 1. The lowest BCUT2D eigenvalue weighted by atomic mass is 9.87. The number of rotatable bonds is 4. The Morgan fingerprint density at radius 3 is 2.41 bits per heavy atom. The summed E-state index contributed by atoms with van der Waals surface area (Å²) in [5.74, 6) is 0.265. The number of benzene rings is 2. The predicted octanol–water partition coefficient (Wildman–Crippen LogP) is 3.30. The molecule has 1 aromatic heterocycles. The lowest BCUT2D eigenvalue weighted by molar-refractivity contribution is 0.0454. The van der Waals surface area contributed by atoms with Gasteiger partial charge in [0.25, 0.3) is 5.91 Å². The standard InChI is InChI=1S/C22H23FN4O2/c1-15-24-21(25-27(15)19-9-7-18(23)8-10-19)22(29)26-13-11-17(12-14-26)20(28)16-5-3-2-4-6-16/h2-10,17,20,28H,11-14H2,1H3/t20-/m0/s1. The monoisotopic (exact) mass is 394 g/mol. The highest BCUT2D eigenvalue weighted by atomic mass is 19.1. The minimum atomic E-state index is -0.522. The second-order valence-electron chi connectivity index (χ2n) is 7.36. The maximum atomic E-state index is 13.2. The summed E-state index contributed by atoms with van der Waals surface area (Å²) < 4.78 is 14.7. The van der Waals surface area contributed by atoms with Gasteiger partial charge in [0, 0.05) is 13.1 Å². The van der Waals surface area contributed by atoms with Gasteiger partial charge in [-0.15, -0.1) is 5.10 Å². The Balaban J connectivity index is 1.42. The molecular formula is C22H23FN4O2. The van der Waals surface area contributed by atoms with Crippen LogP contribution in [0.2, 0.25) is 0 Å². The highest BCUT2D eigenvalue weighted by Gasteiger charge is 2.30. The van der Waals surface area contributed by atoms with Crippen LogP contribution in [0.25, 0.3) is 5.69 Å². The molecule has 6 nitrogen and oxygen atoms in total. The molecule has 0 spiro atoms. The first kappa shape index (κ1) is 19.3. The molecule has 3 aromatic rings. The maximum absolute atomic E-state index is 13.2. The van der Waals surface area contributed by atoms with Crippen LogP contribution in [-0.2, 0) is 0 Å². The SMILES string of the molecule is Cc1nc(C(=O)N2CCC([C@@H](O)c3ccccc3)CC2)nn1-c1ccc(F)cc1. The summed E-state index contributed by atoms with van der Waals surface area (Å²) in [4.78, 5) is 18.9. The van der Waals surface area contributed by atoms with E-state index in [1.54, 1.807) is 28.6 Å². The van der Waals surface area contributed by atoms with Gasteiger partial charge in [-0.05, 0) is 55.5 Å². The number of nitrogens with zero attached hydrogens (tertiary/aromatic N) is 4. The van der Waals surface area contributed by atoms with Crippen LogP contribution in [0.4, 0.5) is 4.39 Å². The molecular weight excluding hydrogens is 371 g/mol. The number of amides is 1. The molecule has 150 valence electrons. The first-order valence-corrected chi connectivity index (χ1v) is 9.75. The van der Waals surface area contributed by atoms with Crippen molar-refractivity contribution in [3.63, 3.8) is 0 Å². The average Bonchev–Trinajstić information content (AvgIpc) is 3.15. The van der Waals surface area contributed by atoms with E-state index in [0.29, 0.717) is 24.6 Å². The van der Waals surface area contributed by atoms with Gasteiger partial charge in [-0.25, -0.2) is 14.1 Å². The molecule has 2 aromatic carbocycles. The van der Waals surface area contributed by atoms with Crippen molar-refractivity contribution in [2.45, 2.75) is 25.9 Å². The third kappa shape index (κ3) is 4.05. The minimum absolute atomic E-state index is 0.118. The Morgan fingerprint density at radius 2 is 1.76 bits per heavy atom. The van der Waals surface area contributed by atoms with E-state index in [1.807, 2.05) is 30.3 Å². The molecule has 0 radical (unpaired) electrons. The van der Waals surface area contributed by atoms with Crippen molar-refractivity contribution in [1.29, 1.82) is 0 Å². The summed E-state index contributed by atoms with van der Waals surface area (Å²) in [5.41, 5.74) is 1.56. The van der Waals surface area contributed by atoms with Crippen LogP contribution >= 0.6 is 0 Å². The predicted molar refractivity (Wildman–Crippen MR) is 106 cm³/mol. The first-order valence-electron chi connectivity index (χ1n) is 9.75. The van der Waals surface area contributed by atoms with Gasteiger partial charge < -0.3 is 10.0 Å². The number of halogens is 1. The van der Waals surface area contributed by atoms with E-state index in [4.69, 9.17) is 0 Å². The molecule has 0 aliphatic carbocycles. The molecule has 1 aliphatic heterocycles. The van der Waals surface area contributed by atoms with E-state index in [9.17, 15) is 14.3 Å². The van der Waals surface area contributed by atoms with Crippen molar-refractivity contribution in [1.82, 2.24) is 19.7 Å². The van der Waals surface area contributed by atoms with Crippen LogP contribution in [0, 0.1) is 18.7 Å². The van der Waals surface area contributed by atoms with Gasteiger partial charge in [-0.3, -0.25) is 4.79 Å². The fourth-order valence-corrected chi connectivity index (χ4v) is 3.79. The number of aliphatic hydroxyl groups excluding tert-OH is 1. The summed E-state index contributed by atoms with van der Waals surface area (Å²) >= 11 is 0. The minimum Gasteiger partial charge on any atom is -0.388 e. The third-order valence-electron chi connectivity index (χ3n) is 5.45. The number of carbonyl (C=O) groups is 1. The van der Waals surface area contributed by atoms with E-state index in [1.165, 1.54) is 12.1 Å². The van der Waals surface area contributed by atoms with Crippen LogP contribution in [0.5, 0.6) is 0 Å². The molecule has 1 fully saturated rings. The van der Waals surface area contributed by atoms with Gasteiger partial charge in [0.2, 0.25) is 5.82 Å². The van der Waals surface area contributed by atoms with Crippen LogP contribution in [0.3, 0.4) is 0 Å². The summed E-state index contributed by atoms with van der Waals surface area (Å²) in [5, 5.41) is 14.9. The van der Waals surface area contributed by atoms with Gasteiger partial charge in [0.05, 0.1) is 11.8 Å². The Bertz CT molecular complexity index is 980. The normalized spacial score (nSPS) is 16.0. The van der Waals surface area contributed by atoms with Crippen molar-refractivity contribution in [2.24, 2.45) is 5.92 Å². The number of carbonyl (C=O) groups excluding carboxylic acids is 1. The summed E-state index contributed by atoms with van der Waals surface area (Å²) in [6.45, 7) is 2.87. The highest BCUT2D eigenvalue weighted by molar-refractivity contribution is 5.90. The highest BCUT2D eigenvalue weighted by Crippen LogP contribution is 2.31. The van der Waals surface area contributed by atoms with E-state index in [-0.39, 0.29) is 23.5 Å². The summed E-state index contributed by atoms with van der Waals surface area (Å²) in [6.07, 6.45) is 0.922. The van der Waals surface area contributed by atoms with Crippen LogP contribution in [0.1, 0.15) is 41.0 Å². The average molecular weight is 394 g/mol. The second-order valence-corrected chi connectivity index (χ2v) is 7.36. The lowest BCUT2D eigenvalue weighted by Gasteiger charge is -2.33. The fourth-order valence-electron chi connectivity index (χ4n) is 3.79. The number of piperidine rings is 1. The van der Waals surface area contributed by atoms with Gasteiger partial charge in [-0.2, -0.15) is 0 Å². The quantitative estimate of drug-likeness (QED) is 0.737. The fraction of sp³-hybridized carbons (Fsp3) is 0.318. The zero-order valence-corrected chi connectivity index (χ0v) is 16.2. The topological polar surface area (TPSA) is 71.2 Å². The van der Waals surface area contributed by atoms with E-state index in [2.05, 4.69) is 10.1 Å². The van der Waals surface area contributed by atoms with Gasteiger partial charge in [0.15, 0.2) is 0 Å². The van der Waals surface area contributed by atoms with E-state index < -0.39 is 6.10 Å².